The zero-order chi connectivity index (χ0) is 11.3. The van der Waals surface area contributed by atoms with Gasteiger partial charge in [-0.2, -0.15) is 0 Å². The SMILES string of the molecule is CC(N/C=C/C(=O)O)c1cccc(F)c1. The van der Waals surface area contributed by atoms with Crippen LogP contribution in [-0.4, -0.2) is 11.1 Å². The molecule has 2 N–H and O–H groups in total. The maximum Gasteiger partial charge on any atom is 0.329 e. The van der Waals surface area contributed by atoms with E-state index in [4.69, 9.17) is 5.11 Å². The Balaban J connectivity index is 2.61. The second-order valence-electron chi connectivity index (χ2n) is 3.11. The summed E-state index contributed by atoms with van der Waals surface area (Å²) in [6.45, 7) is 1.82. The fourth-order valence-electron chi connectivity index (χ4n) is 1.14. The molecule has 80 valence electrons. The molecule has 0 radical (unpaired) electrons. The van der Waals surface area contributed by atoms with E-state index in [9.17, 15) is 9.18 Å². The van der Waals surface area contributed by atoms with Crippen molar-refractivity contribution >= 4 is 5.97 Å². The normalized spacial score (nSPS) is 12.7. The van der Waals surface area contributed by atoms with E-state index in [1.807, 2.05) is 6.92 Å². The number of halogens is 1. The third-order valence-electron chi connectivity index (χ3n) is 1.92. The summed E-state index contributed by atoms with van der Waals surface area (Å²) in [6.07, 6.45) is 2.33. The number of nitrogens with one attached hydrogen (secondary N) is 1. The van der Waals surface area contributed by atoms with Gasteiger partial charge in [0.25, 0.3) is 0 Å². The van der Waals surface area contributed by atoms with Gasteiger partial charge in [0.05, 0.1) is 0 Å². The quantitative estimate of drug-likeness (QED) is 0.746. The summed E-state index contributed by atoms with van der Waals surface area (Å²) < 4.78 is 12.8. The number of hydrogen-bond donors (Lipinski definition) is 2. The number of aliphatic carboxylic acids is 1. The first kappa shape index (κ1) is 11.2. The molecule has 1 unspecified atom stereocenters. The molecule has 0 heterocycles. The van der Waals surface area contributed by atoms with Crippen molar-refractivity contribution in [1.82, 2.24) is 5.32 Å². The first-order valence-corrected chi connectivity index (χ1v) is 4.50. The number of carboxylic acid groups (broad SMARTS) is 1. The first-order chi connectivity index (χ1) is 7.09. The van der Waals surface area contributed by atoms with Crippen LogP contribution in [-0.2, 0) is 4.79 Å². The van der Waals surface area contributed by atoms with Crippen molar-refractivity contribution in [3.63, 3.8) is 0 Å². The summed E-state index contributed by atoms with van der Waals surface area (Å²) in [4.78, 5) is 10.2. The minimum absolute atomic E-state index is 0.128. The Morgan fingerprint density at radius 3 is 2.93 bits per heavy atom. The van der Waals surface area contributed by atoms with Crippen LogP contribution in [0.15, 0.2) is 36.5 Å². The highest BCUT2D eigenvalue weighted by Crippen LogP contribution is 2.12. The van der Waals surface area contributed by atoms with Gasteiger partial charge >= 0.3 is 5.97 Å². The molecule has 1 aromatic rings. The summed E-state index contributed by atoms with van der Waals surface area (Å²) in [6, 6.07) is 6.03. The zero-order valence-corrected chi connectivity index (χ0v) is 8.27. The van der Waals surface area contributed by atoms with E-state index in [2.05, 4.69) is 5.32 Å². The molecule has 0 saturated heterocycles. The number of rotatable bonds is 4. The lowest BCUT2D eigenvalue weighted by Crippen LogP contribution is -2.12. The molecule has 0 amide bonds. The molecular formula is C11H12FNO2. The van der Waals surface area contributed by atoms with Crippen molar-refractivity contribution in [2.24, 2.45) is 0 Å². The Morgan fingerprint density at radius 1 is 1.60 bits per heavy atom. The Kier molecular flexibility index (Phi) is 3.85. The molecule has 0 fully saturated rings. The average molecular weight is 209 g/mol. The van der Waals surface area contributed by atoms with Gasteiger partial charge in [0.1, 0.15) is 5.82 Å². The van der Waals surface area contributed by atoms with E-state index in [-0.39, 0.29) is 11.9 Å². The molecule has 0 aliphatic carbocycles. The fraction of sp³-hybridized carbons (Fsp3) is 0.182. The van der Waals surface area contributed by atoms with Gasteiger partial charge in [0.2, 0.25) is 0 Å². The summed E-state index contributed by atoms with van der Waals surface area (Å²) in [5.74, 6) is -1.32. The molecule has 4 heteroatoms. The van der Waals surface area contributed by atoms with E-state index in [1.165, 1.54) is 18.3 Å². The van der Waals surface area contributed by atoms with Gasteiger partial charge in [0.15, 0.2) is 0 Å². The lowest BCUT2D eigenvalue weighted by molar-refractivity contribution is -0.131. The molecule has 1 atom stereocenters. The molecule has 3 nitrogen and oxygen atoms in total. The van der Waals surface area contributed by atoms with E-state index >= 15 is 0 Å². The number of hydrogen-bond acceptors (Lipinski definition) is 2. The van der Waals surface area contributed by atoms with Gasteiger partial charge in [-0.3, -0.25) is 0 Å². The van der Waals surface area contributed by atoms with E-state index < -0.39 is 5.97 Å². The van der Waals surface area contributed by atoms with Gasteiger partial charge < -0.3 is 10.4 Å². The Labute approximate surface area is 87.2 Å². The van der Waals surface area contributed by atoms with Crippen molar-refractivity contribution in [1.29, 1.82) is 0 Å². The van der Waals surface area contributed by atoms with Gasteiger partial charge in [-0.1, -0.05) is 12.1 Å². The lowest BCUT2D eigenvalue weighted by atomic mass is 10.1. The highest BCUT2D eigenvalue weighted by molar-refractivity contribution is 5.79. The van der Waals surface area contributed by atoms with Crippen molar-refractivity contribution in [3.05, 3.63) is 47.9 Å². The molecule has 0 bridgehead atoms. The molecule has 0 aromatic heterocycles. The molecular weight excluding hydrogens is 197 g/mol. The molecule has 0 spiro atoms. The molecule has 0 saturated carbocycles. The van der Waals surface area contributed by atoms with Gasteiger partial charge in [-0.25, -0.2) is 9.18 Å². The van der Waals surface area contributed by atoms with Crippen LogP contribution in [0.25, 0.3) is 0 Å². The van der Waals surface area contributed by atoms with Crippen LogP contribution in [0.4, 0.5) is 4.39 Å². The number of carbonyl (C=O) groups is 1. The standard InChI is InChI=1S/C11H12FNO2/c1-8(13-6-5-11(14)15)9-3-2-4-10(12)7-9/h2-8,13H,1H3,(H,14,15)/b6-5+. The maximum absolute atomic E-state index is 12.8. The predicted molar refractivity (Wildman–Crippen MR) is 54.7 cm³/mol. The van der Waals surface area contributed by atoms with Gasteiger partial charge in [-0.15, -0.1) is 0 Å². The van der Waals surface area contributed by atoms with E-state index in [1.54, 1.807) is 12.1 Å². The van der Waals surface area contributed by atoms with Crippen molar-refractivity contribution in [2.75, 3.05) is 0 Å². The molecule has 0 aliphatic rings. The molecule has 1 aromatic carbocycles. The maximum atomic E-state index is 12.8. The summed E-state index contributed by atoms with van der Waals surface area (Å²) >= 11 is 0. The van der Waals surface area contributed by atoms with Crippen LogP contribution in [0.1, 0.15) is 18.5 Å². The second-order valence-corrected chi connectivity index (χ2v) is 3.11. The predicted octanol–water partition coefficient (Wildman–Crippen LogP) is 2.07. The van der Waals surface area contributed by atoms with Crippen molar-refractivity contribution in [3.8, 4) is 0 Å². The highest BCUT2D eigenvalue weighted by Gasteiger charge is 2.03. The average Bonchev–Trinajstić information content (AvgIpc) is 2.17. The van der Waals surface area contributed by atoms with E-state index in [0.29, 0.717) is 0 Å². The topological polar surface area (TPSA) is 49.3 Å². The van der Waals surface area contributed by atoms with Gasteiger partial charge in [0, 0.05) is 18.3 Å². The largest absolute Gasteiger partial charge is 0.478 e. The van der Waals surface area contributed by atoms with Gasteiger partial charge in [-0.05, 0) is 24.6 Å². The lowest BCUT2D eigenvalue weighted by Gasteiger charge is -2.11. The monoisotopic (exact) mass is 209 g/mol. The minimum Gasteiger partial charge on any atom is -0.478 e. The second kappa shape index (κ2) is 5.14. The van der Waals surface area contributed by atoms with Crippen LogP contribution in [0.5, 0.6) is 0 Å². The minimum atomic E-state index is -1.02. The third kappa shape index (κ3) is 3.81. The van der Waals surface area contributed by atoms with Crippen LogP contribution in [0, 0.1) is 5.82 Å². The van der Waals surface area contributed by atoms with Crippen LogP contribution >= 0.6 is 0 Å². The summed E-state index contributed by atoms with van der Waals surface area (Å²) in [7, 11) is 0. The Morgan fingerprint density at radius 2 is 2.33 bits per heavy atom. The Bertz CT molecular complexity index is 377. The number of benzene rings is 1. The van der Waals surface area contributed by atoms with Crippen LogP contribution < -0.4 is 5.32 Å². The zero-order valence-electron chi connectivity index (χ0n) is 8.27. The van der Waals surface area contributed by atoms with Crippen molar-refractivity contribution < 1.29 is 14.3 Å². The van der Waals surface area contributed by atoms with Crippen molar-refractivity contribution in [2.45, 2.75) is 13.0 Å². The fourth-order valence-corrected chi connectivity index (χ4v) is 1.14. The molecule has 0 aliphatic heterocycles. The van der Waals surface area contributed by atoms with Crippen LogP contribution in [0.2, 0.25) is 0 Å². The summed E-state index contributed by atoms with van der Waals surface area (Å²) in [5, 5.41) is 11.2. The van der Waals surface area contributed by atoms with Crippen LogP contribution in [0.3, 0.4) is 0 Å². The van der Waals surface area contributed by atoms with E-state index in [0.717, 1.165) is 11.6 Å². The number of carboxylic acids is 1. The highest BCUT2D eigenvalue weighted by atomic mass is 19.1. The molecule has 15 heavy (non-hydrogen) atoms. The molecule has 1 rings (SSSR count). The third-order valence-corrected chi connectivity index (χ3v) is 1.92. The summed E-state index contributed by atoms with van der Waals surface area (Å²) in [5.41, 5.74) is 0.769. The first-order valence-electron chi connectivity index (χ1n) is 4.50. The Hall–Kier alpha value is -1.84. The smallest absolute Gasteiger partial charge is 0.329 e.